The largest absolute Gasteiger partial charge is 0.465 e. The zero-order valence-corrected chi connectivity index (χ0v) is 20.4. The van der Waals surface area contributed by atoms with Crippen molar-refractivity contribution < 1.29 is 22.8 Å². The molecule has 1 N–H and O–H groups in total. The van der Waals surface area contributed by atoms with Gasteiger partial charge in [-0.3, -0.25) is 0 Å². The number of hydrogen-bond acceptors (Lipinski definition) is 7. The molecule has 180 valence electrons. The zero-order chi connectivity index (χ0) is 24.0. The quantitative estimate of drug-likeness (QED) is 0.709. The third kappa shape index (κ3) is 5.00. The summed E-state index contributed by atoms with van der Waals surface area (Å²) in [5.41, 5.74) is 0.793. The van der Waals surface area contributed by atoms with Crippen LogP contribution < -0.4 is 4.90 Å². The van der Waals surface area contributed by atoms with E-state index in [0.717, 1.165) is 25.2 Å². The minimum absolute atomic E-state index is 0.0726. The van der Waals surface area contributed by atoms with Crippen LogP contribution in [0.5, 0.6) is 0 Å². The molecule has 0 saturated carbocycles. The third-order valence-electron chi connectivity index (χ3n) is 6.84. The van der Waals surface area contributed by atoms with Crippen molar-refractivity contribution in [2.45, 2.75) is 62.8 Å². The Balaban J connectivity index is 1.43. The molecule has 0 bridgehead atoms. The standard InChI is InChI=1S/C23H32N4O5S/c1-23(2,3)19-13-15(10-12-27(19)22(28)29)20-24-21(32-25-20)16-9-11-26(14-16)17-5-7-18(8-6-17)33(4,30)31/h5-8,15-16,19H,9-14H2,1-4H3,(H,28,29)/t15?,16?,19-/m0/s1. The Kier molecular flexibility index (Phi) is 6.15. The fourth-order valence-electron chi connectivity index (χ4n) is 4.93. The second kappa shape index (κ2) is 8.62. The maximum atomic E-state index is 11.7. The van der Waals surface area contributed by atoms with Gasteiger partial charge in [-0.2, -0.15) is 4.98 Å². The molecule has 2 fully saturated rings. The van der Waals surface area contributed by atoms with E-state index >= 15 is 0 Å². The van der Waals surface area contributed by atoms with E-state index in [-0.39, 0.29) is 23.3 Å². The average molecular weight is 477 g/mol. The van der Waals surface area contributed by atoms with Gasteiger partial charge in [0.15, 0.2) is 15.7 Å². The van der Waals surface area contributed by atoms with E-state index in [0.29, 0.717) is 36.0 Å². The molecule has 1 amide bonds. The lowest BCUT2D eigenvalue weighted by atomic mass is 9.77. The van der Waals surface area contributed by atoms with Crippen LogP contribution in [0.3, 0.4) is 0 Å². The van der Waals surface area contributed by atoms with Gasteiger partial charge in [-0.15, -0.1) is 0 Å². The van der Waals surface area contributed by atoms with E-state index < -0.39 is 15.9 Å². The highest BCUT2D eigenvalue weighted by Gasteiger charge is 2.40. The van der Waals surface area contributed by atoms with Gasteiger partial charge in [-0.25, -0.2) is 13.2 Å². The molecule has 2 unspecified atom stereocenters. The highest BCUT2D eigenvalue weighted by molar-refractivity contribution is 7.90. The first-order valence-corrected chi connectivity index (χ1v) is 13.2. The SMILES string of the molecule is CC(C)(C)[C@@H]1CC(c2noc(C3CCN(c4ccc(S(C)(=O)=O)cc4)C3)n2)CCN1C(=O)O. The molecule has 2 saturated heterocycles. The lowest BCUT2D eigenvalue weighted by molar-refractivity contribution is 0.0513. The number of nitrogens with zero attached hydrogens (tertiary/aromatic N) is 4. The second-order valence-corrected chi connectivity index (χ2v) is 12.3. The van der Waals surface area contributed by atoms with Crippen LogP contribution in [-0.4, -0.2) is 66.6 Å². The van der Waals surface area contributed by atoms with Crippen LogP contribution in [0.2, 0.25) is 0 Å². The molecule has 4 rings (SSSR count). The number of benzene rings is 1. The number of amides is 1. The molecule has 0 radical (unpaired) electrons. The molecule has 3 atom stereocenters. The van der Waals surface area contributed by atoms with Gasteiger partial charge >= 0.3 is 6.09 Å². The molecular weight excluding hydrogens is 444 g/mol. The normalized spacial score (nSPS) is 24.3. The number of rotatable bonds is 4. The number of hydrogen-bond donors (Lipinski definition) is 1. The minimum Gasteiger partial charge on any atom is -0.465 e. The molecule has 9 nitrogen and oxygen atoms in total. The number of carboxylic acid groups (broad SMARTS) is 1. The van der Waals surface area contributed by atoms with Gasteiger partial charge in [0.2, 0.25) is 5.89 Å². The number of piperidine rings is 1. The molecule has 10 heteroatoms. The van der Waals surface area contributed by atoms with Crippen molar-refractivity contribution in [2.24, 2.45) is 5.41 Å². The van der Waals surface area contributed by atoms with Crippen molar-refractivity contribution in [3.8, 4) is 0 Å². The van der Waals surface area contributed by atoms with Gasteiger partial charge in [0.05, 0.1) is 10.8 Å². The molecule has 33 heavy (non-hydrogen) atoms. The summed E-state index contributed by atoms with van der Waals surface area (Å²) in [4.78, 5) is 20.5. The van der Waals surface area contributed by atoms with Gasteiger partial charge in [0, 0.05) is 43.5 Å². The number of likely N-dealkylation sites (tertiary alicyclic amines) is 1. The number of aromatic nitrogens is 2. The van der Waals surface area contributed by atoms with Crippen molar-refractivity contribution >= 4 is 21.6 Å². The van der Waals surface area contributed by atoms with E-state index in [4.69, 9.17) is 9.51 Å². The van der Waals surface area contributed by atoms with E-state index in [2.05, 4.69) is 30.8 Å². The predicted molar refractivity (Wildman–Crippen MR) is 123 cm³/mol. The summed E-state index contributed by atoms with van der Waals surface area (Å²) in [7, 11) is -3.21. The van der Waals surface area contributed by atoms with Crippen molar-refractivity contribution in [2.75, 3.05) is 30.8 Å². The van der Waals surface area contributed by atoms with Crippen LogP contribution in [0.1, 0.15) is 63.6 Å². The lowest BCUT2D eigenvalue weighted by Crippen LogP contribution is -2.51. The smallest absolute Gasteiger partial charge is 0.407 e. The lowest BCUT2D eigenvalue weighted by Gasteiger charge is -2.43. The maximum Gasteiger partial charge on any atom is 0.407 e. The molecule has 0 spiro atoms. The highest BCUT2D eigenvalue weighted by Crippen LogP contribution is 2.39. The summed E-state index contributed by atoms with van der Waals surface area (Å²) in [5.74, 6) is 1.47. The van der Waals surface area contributed by atoms with Crippen LogP contribution in [-0.2, 0) is 9.84 Å². The summed E-state index contributed by atoms with van der Waals surface area (Å²) in [6, 6.07) is 6.84. The average Bonchev–Trinajstić information content (AvgIpc) is 3.42. The van der Waals surface area contributed by atoms with E-state index in [1.54, 1.807) is 17.0 Å². The van der Waals surface area contributed by atoms with Gasteiger partial charge < -0.3 is 19.4 Å². The van der Waals surface area contributed by atoms with Crippen molar-refractivity contribution in [3.63, 3.8) is 0 Å². The maximum absolute atomic E-state index is 11.7. The van der Waals surface area contributed by atoms with E-state index in [1.165, 1.54) is 6.26 Å². The van der Waals surface area contributed by atoms with Gasteiger partial charge in [-0.1, -0.05) is 25.9 Å². The topological polar surface area (TPSA) is 117 Å². The Hall–Kier alpha value is -2.62. The molecular formula is C23H32N4O5S. The van der Waals surface area contributed by atoms with E-state index in [1.807, 2.05) is 12.1 Å². The summed E-state index contributed by atoms with van der Waals surface area (Å²) >= 11 is 0. The summed E-state index contributed by atoms with van der Waals surface area (Å²) in [6.07, 6.45) is 2.56. The van der Waals surface area contributed by atoms with Crippen molar-refractivity contribution in [1.82, 2.24) is 15.0 Å². The summed E-state index contributed by atoms with van der Waals surface area (Å²) in [5, 5.41) is 13.9. The first-order valence-electron chi connectivity index (χ1n) is 11.3. The van der Waals surface area contributed by atoms with E-state index in [9.17, 15) is 18.3 Å². The van der Waals surface area contributed by atoms with Crippen molar-refractivity contribution in [3.05, 3.63) is 36.0 Å². The third-order valence-corrected chi connectivity index (χ3v) is 7.97. The summed E-state index contributed by atoms with van der Waals surface area (Å²) < 4.78 is 29.0. The minimum atomic E-state index is -3.21. The molecule has 1 aromatic heterocycles. The van der Waals surface area contributed by atoms with Crippen LogP contribution in [0, 0.1) is 5.41 Å². The van der Waals surface area contributed by atoms with Crippen LogP contribution in [0.4, 0.5) is 10.5 Å². The monoisotopic (exact) mass is 476 g/mol. The zero-order valence-electron chi connectivity index (χ0n) is 19.6. The van der Waals surface area contributed by atoms with Gasteiger partial charge in [-0.05, 0) is 48.9 Å². The number of sulfone groups is 1. The van der Waals surface area contributed by atoms with Crippen LogP contribution in [0.25, 0.3) is 0 Å². The Bertz CT molecular complexity index is 1110. The van der Waals surface area contributed by atoms with Gasteiger partial charge in [0.25, 0.3) is 0 Å². The number of anilines is 1. The van der Waals surface area contributed by atoms with Gasteiger partial charge in [0.1, 0.15) is 0 Å². The number of carbonyl (C=O) groups is 1. The fraction of sp³-hybridized carbons (Fsp3) is 0.609. The molecule has 2 aliphatic heterocycles. The van der Waals surface area contributed by atoms with Crippen molar-refractivity contribution in [1.29, 1.82) is 0 Å². The molecule has 2 aliphatic rings. The highest BCUT2D eigenvalue weighted by atomic mass is 32.2. The molecule has 3 heterocycles. The molecule has 2 aromatic rings. The van der Waals surface area contributed by atoms with Crippen LogP contribution in [0.15, 0.2) is 33.7 Å². The Morgan fingerprint density at radius 2 is 1.79 bits per heavy atom. The van der Waals surface area contributed by atoms with Crippen LogP contribution >= 0.6 is 0 Å². The Morgan fingerprint density at radius 1 is 1.12 bits per heavy atom. The predicted octanol–water partition coefficient (Wildman–Crippen LogP) is 3.74. The first kappa shape index (κ1) is 23.5. The molecule has 0 aliphatic carbocycles. The second-order valence-electron chi connectivity index (χ2n) is 10.3. The molecule has 1 aromatic carbocycles. The first-order chi connectivity index (χ1) is 15.4. The fourth-order valence-corrected chi connectivity index (χ4v) is 5.56. The Morgan fingerprint density at radius 3 is 2.39 bits per heavy atom. The Labute approximate surface area is 194 Å². The summed E-state index contributed by atoms with van der Waals surface area (Å²) in [6.45, 7) is 8.20.